The zero-order chi connectivity index (χ0) is 16.2. The summed E-state index contributed by atoms with van der Waals surface area (Å²) in [5, 5.41) is 1.96. The summed E-state index contributed by atoms with van der Waals surface area (Å²) in [6.07, 6.45) is 1.76. The van der Waals surface area contributed by atoms with Gasteiger partial charge in [-0.25, -0.2) is 4.79 Å². The van der Waals surface area contributed by atoms with Crippen LogP contribution >= 0.6 is 0 Å². The third kappa shape index (κ3) is 3.21. The molecule has 4 rings (SSSR count). The first-order valence-electron chi connectivity index (χ1n) is 7.21. The molecule has 0 fully saturated rings. The van der Waals surface area contributed by atoms with E-state index in [0.29, 0.717) is 5.58 Å². The van der Waals surface area contributed by atoms with Crippen molar-refractivity contribution in [3.8, 4) is 0 Å². The standard InChI is InChI=1S/C10H9NO.C9H6O2/c1-7(12)9-6-11-10-5-3-2-4-8(9)10;10-9-6-5-7-3-1-2-4-8(7)11-9/h2-6,11H,1H3;1-6H. The van der Waals surface area contributed by atoms with Crippen LogP contribution in [0.15, 0.2) is 76.1 Å². The van der Waals surface area contributed by atoms with Gasteiger partial charge in [-0.1, -0.05) is 36.4 Å². The third-order valence-electron chi connectivity index (χ3n) is 3.50. The van der Waals surface area contributed by atoms with Crippen LogP contribution in [-0.2, 0) is 0 Å². The molecule has 0 saturated carbocycles. The fourth-order valence-corrected chi connectivity index (χ4v) is 2.37. The van der Waals surface area contributed by atoms with Crippen molar-refractivity contribution in [3.05, 3.63) is 82.8 Å². The molecule has 1 N–H and O–H groups in total. The van der Waals surface area contributed by atoms with E-state index in [1.165, 1.54) is 6.07 Å². The number of fused-ring (bicyclic) bond motifs is 2. The molecule has 0 radical (unpaired) electrons. The van der Waals surface area contributed by atoms with Gasteiger partial charge in [0.15, 0.2) is 5.78 Å². The van der Waals surface area contributed by atoms with E-state index in [0.717, 1.165) is 21.9 Å². The Morgan fingerprint density at radius 3 is 2.52 bits per heavy atom. The molecule has 4 nitrogen and oxygen atoms in total. The highest BCUT2D eigenvalue weighted by Gasteiger charge is 2.05. The fraction of sp³-hybridized carbons (Fsp3) is 0.0526. The number of carbonyl (C=O) groups excluding carboxylic acids is 1. The predicted octanol–water partition coefficient (Wildman–Crippen LogP) is 4.16. The Kier molecular flexibility index (Phi) is 4.06. The molecule has 2 aromatic carbocycles. The number of ketones is 1. The Hall–Kier alpha value is -3.14. The van der Waals surface area contributed by atoms with Crippen LogP contribution in [0.5, 0.6) is 0 Å². The maximum atomic E-state index is 11.1. The number of hydrogen-bond donors (Lipinski definition) is 1. The van der Waals surface area contributed by atoms with Crippen molar-refractivity contribution in [1.82, 2.24) is 4.98 Å². The Morgan fingerprint density at radius 1 is 0.957 bits per heavy atom. The van der Waals surface area contributed by atoms with E-state index in [2.05, 4.69) is 4.98 Å². The first kappa shape index (κ1) is 14.8. The van der Waals surface area contributed by atoms with Crippen molar-refractivity contribution >= 4 is 27.7 Å². The van der Waals surface area contributed by atoms with Crippen LogP contribution in [0.25, 0.3) is 21.9 Å². The zero-order valence-electron chi connectivity index (χ0n) is 12.6. The molecule has 0 aliphatic carbocycles. The molecule has 2 aromatic heterocycles. The highest BCUT2D eigenvalue weighted by atomic mass is 16.4. The van der Waals surface area contributed by atoms with Crippen molar-refractivity contribution in [3.63, 3.8) is 0 Å². The van der Waals surface area contributed by atoms with Gasteiger partial charge in [-0.05, 0) is 25.1 Å². The smallest absolute Gasteiger partial charge is 0.336 e. The number of carbonyl (C=O) groups is 1. The molecule has 0 aliphatic rings. The van der Waals surface area contributed by atoms with E-state index in [9.17, 15) is 9.59 Å². The van der Waals surface area contributed by atoms with Crippen LogP contribution in [0.1, 0.15) is 17.3 Å². The second-order valence-corrected chi connectivity index (χ2v) is 5.10. The van der Waals surface area contributed by atoms with E-state index in [4.69, 9.17) is 4.42 Å². The average molecular weight is 305 g/mol. The lowest BCUT2D eigenvalue weighted by atomic mass is 10.1. The second kappa shape index (κ2) is 6.32. The number of benzene rings is 2. The summed E-state index contributed by atoms with van der Waals surface area (Å²) < 4.78 is 4.91. The van der Waals surface area contributed by atoms with Gasteiger partial charge in [-0.15, -0.1) is 0 Å². The third-order valence-corrected chi connectivity index (χ3v) is 3.50. The molecular formula is C19H15NO3. The van der Waals surface area contributed by atoms with Gasteiger partial charge in [0.25, 0.3) is 0 Å². The summed E-state index contributed by atoms with van der Waals surface area (Å²) in [5.74, 6) is 0.104. The number of para-hydroxylation sites is 2. The van der Waals surface area contributed by atoms with Crippen LogP contribution in [-0.4, -0.2) is 10.8 Å². The quantitative estimate of drug-likeness (QED) is 0.424. The summed E-state index contributed by atoms with van der Waals surface area (Å²) >= 11 is 0. The van der Waals surface area contributed by atoms with Crippen LogP contribution < -0.4 is 5.63 Å². The van der Waals surface area contributed by atoms with Gasteiger partial charge < -0.3 is 9.40 Å². The molecular weight excluding hydrogens is 290 g/mol. The van der Waals surface area contributed by atoms with E-state index >= 15 is 0 Å². The monoisotopic (exact) mass is 305 g/mol. The van der Waals surface area contributed by atoms with Crippen molar-refractivity contribution in [2.45, 2.75) is 6.92 Å². The normalized spacial score (nSPS) is 10.3. The summed E-state index contributed by atoms with van der Waals surface area (Å²) in [4.78, 5) is 24.9. The molecule has 0 bridgehead atoms. The minimum absolute atomic E-state index is 0.104. The van der Waals surface area contributed by atoms with Crippen molar-refractivity contribution in [1.29, 1.82) is 0 Å². The predicted molar refractivity (Wildman–Crippen MR) is 90.8 cm³/mol. The molecule has 4 heteroatoms. The molecule has 114 valence electrons. The minimum Gasteiger partial charge on any atom is -0.423 e. The van der Waals surface area contributed by atoms with Crippen molar-refractivity contribution < 1.29 is 9.21 Å². The van der Waals surface area contributed by atoms with Gasteiger partial charge in [0.05, 0.1) is 0 Å². The summed E-state index contributed by atoms with van der Waals surface area (Å²) in [6, 6.07) is 18.4. The fourth-order valence-electron chi connectivity index (χ4n) is 2.37. The average Bonchev–Trinajstić information content (AvgIpc) is 2.99. The maximum absolute atomic E-state index is 11.1. The number of hydrogen-bond acceptors (Lipinski definition) is 3. The van der Waals surface area contributed by atoms with Crippen molar-refractivity contribution in [2.75, 3.05) is 0 Å². The Bertz CT molecular complexity index is 1030. The van der Waals surface area contributed by atoms with Crippen molar-refractivity contribution in [2.24, 2.45) is 0 Å². The van der Waals surface area contributed by atoms with Crippen LogP contribution in [0.4, 0.5) is 0 Å². The minimum atomic E-state index is -0.302. The number of nitrogens with one attached hydrogen (secondary N) is 1. The van der Waals surface area contributed by atoms with Gasteiger partial charge in [-0.2, -0.15) is 0 Å². The van der Waals surface area contributed by atoms with Gasteiger partial charge >= 0.3 is 5.63 Å². The van der Waals surface area contributed by atoms with Crippen LogP contribution in [0.2, 0.25) is 0 Å². The topological polar surface area (TPSA) is 63.1 Å². The largest absolute Gasteiger partial charge is 0.423 e. The number of aromatic nitrogens is 1. The molecule has 0 aliphatic heterocycles. The highest BCUT2D eigenvalue weighted by Crippen LogP contribution is 2.17. The van der Waals surface area contributed by atoms with Gasteiger partial charge in [-0.3, -0.25) is 4.79 Å². The van der Waals surface area contributed by atoms with E-state index in [-0.39, 0.29) is 11.4 Å². The molecule has 0 unspecified atom stereocenters. The van der Waals surface area contributed by atoms with E-state index < -0.39 is 0 Å². The highest BCUT2D eigenvalue weighted by molar-refractivity contribution is 6.06. The van der Waals surface area contributed by atoms with Gasteiger partial charge in [0.1, 0.15) is 5.58 Å². The first-order chi connectivity index (χ1) is 11.1. The molecule has 23 heavy (non-hydrogen) atoms. The van der Waals surface area contributed by atoms with Gasteiger partial charge in [0, 0.05) is 34.1 Å². The number of H-pyrrole nitrogens is 1. The number of rotatable bonds is 1. The van der Waals surface area contributed by atoms with E-state index in [1.807, 2.05) is 42.5 Å². The summed E-state index contributed by atoms with van der Waals surface area (Å²) in [5.41, 5.74) is 2.12. The van der Waals surface area contributed by atoms with E-state index in [1.54, 1.807) is 25.3 Å². The van der Waals surface area contributed by atoms with Crippen LogP contribution in [0.3, 0.4) is 0 Å². The van der Waals surface area contributed by atoms with Gasteiger partial charge in [0.2, 0.25) is 0 Å². The molecule has 2 heterocycles. The maximum Gasteiger partial charge on any atom is 0.336 e. The number of aromatic amines is 1. The summed E-state index contributed by atoms with van der Waals surface area (Å²) in [7, 11) is 0. The lowest BCUT2D eigenvalue weighted by molar-refractivity contribution is 0.101. The molecule has 4 aromatic rings. The summed E-state index contributed by atoms with van der Waals surface area (Å²) in [6.45, 7) is 1.58. The SMILES string of the molecule is CC(=O)c1c[nH]c2ccccc12.O=c1ccc2ccccc2o1. The Labute approximate surface area is 132 Å². The first-order valence-corrected chi connectivity index (χ1v) is 7.21. The Balaban J connectivity index is 0.000000136. The van der Waals surface area contributed by atoms with Crippen LogP contribution in [0, 0.1) is 0 Å². The molecule has 0 saturated heterocycles. The lowest BCUT2D eigenvalue weighted by Crippen LogP contribution is -1.93. The molecule has 0 atom stereocenters. The Morgan fingerprint density at radius 2 is 1.70 bits per heavy atom. The zero-order valence-corrected chi connectivity index (χ0v) is 12.6. The molecule has 0 amide bonds. The second-order valence-electron chi connectivity index (χ2n) is 5.10. The molecule has 0 spiro atoms. The lowest BCUT2D eigenvalue weighted by Gasteiger charge is -1.91. The number of Topliss-reactive ketones (excluding diaryl/α,β-unsaturated/α-hetero) is 1.